The molecule has 5 aromatic rings. The monoisotopic (exact) mass is 579 g/mol. The average molecular weight is 580 g/mol. The van der Waals surface area contributed by atoms with Gasteiger partial charge in [-0.3, -0.25) is 18.9 Å². The van der Waals surface area contributed by atoms with E-state index in [0.717, 1.165) is 115 Å². The molecule has 0 N–H and O–H groups in total. The van der Waals surface area contributed by atoms with Crippen molar-refractivity contribution in [3.8, 4) is 33.6 Å². The number of morpholine rings is 1. The van der Waals surface area contributed by atoms with Gasteiger partial charge < -0.3 is 9.47 Å². The molecule has 11 nitrogen and oxygen atoms in total. The van der Waals surface area contributed by atoms with Crippen LogP contribution in [-0.2, 0) is 48.9 Å². The summed E-state index contributed by atoms with van der Waals surface area (Å²) in [6.45, 7) is 6.83. The number of hydrogen-bond acceptors (Lipinski definition) is 8. The minimum Gasteiger partial charge on any atom is -0.383 e. The fourth-order valence-electron chi connectivity index (χ4n) is 6.01. The SMILES string of the molecule is COCCn1ccc(Cc2ncc3c(n2)-c2c(nn(C)c2-c2ccc(-c4cnn(CCN5CCOCC5)c4)cc2)CC3)n1. The zero-order valence-electron chi connectivity index (χ0n) is 24.8. The fourth-order valence-corrected chi connectivity index (χ4v) is 6.01. The zero-order chi connectivity index (χ0) is 29.2. The van der Waals surface area contributed by atoms with Crippen LogP contribution in [0.3, 0.4) is 0 Å². The summed E-state index contributed by atoms with van der Waals surface area (Å²) in [5.41, 5.74) is 9.75. The number of ether oxygens (including phenoxy) is 2. The predicted octanol–water partition coefficient (Wildman–Crippen LogP) is 3.27. The maximum Gasteiger partial charge on any atom is 0.134 e. The molecule has 1 saturated heterocycles. The van der Waals surface area contributed by atoms with Crippen molar-refractivity contribution in [1.29, 1.82) is 0 Å². The topological polar surface area (TPSA) is 101 Å². The number of fused-ring (bicyclic) bond motifs is 3. The summed E-state index contributed by atoms with van der Waals surface area (Å²) in [6, 6.07) is 10.7. The highest BCUT2D eigenvalue weighted by Crippen LogP contribution is 2.39. The first-order chi connectivity index (χ1) is 21.1. The Morgan fingerprint density at radius 3 is 2.56 bits per heavy atom. The molecule has 43 heavy (non-hydrogen) atoms. The van der Waals surface area contributed by atoms with Crippen molar-refractivity contribution in [3.05, 3.63) is 77.9 Å². The first-order valence-electron chi connectivity index (χ1n) is 15.0. The maximum absolute atomic E-state index is 5.46. The number of hydrogen-bond donors (Lipinski definition) is 0. The molecule has 0 radical (unpaired) electrons. The van der Waals surface area contributed by atoms with Gasteiger partial charge in [0.1, 0.15) is 5.82 Å². The van der Waals surface area contributed by atoms with E-state index in [1.54, 1.807) is 7.11 Å². The summed E-state index contributed by atoms with van der Waals surface area (Å²) in [7, 11) is 3.72. The molecule has 5 heterocycles. The largest absolute Gasteiger partial charge is 0.383 e. The Bertz CT molecular complexity index is 1700. The van der Waals surface area contributed by atoms with Gasteiger partial charge in [-0.15, -0.1) is 0 Å². The van der Waals surface area contributed by atoms with E-state index in [2.05, 4.69) is 45.6 Å². The lowest BCUT2D eigenvalue weighted by Crippen LogP contribution is -2.38. The van der Waals surface area contributed by atoms with Crippen LogP contribution in [-0.4, -0.2) is 90.8 Å². The Kier molecular flexibility index (Phi) is 7.84. The van der Waals surface area contributed by atoms with Crippen LogP contribution < -0.4 is 0 Å². The first kappa shape index (κ1) is 27.6. The minimum absolute atomic E-state index is 0.576. The zero-order valence-corrected chi connectivity index (χ0v) is 24.8. The second-order valence-corrected chi connectivity index (χ2v) is 11.2. The quantitative estimate of drug-likeness (QED) is 0.249. The van der Waals surface area contributed by atoms with Crippen molar-refractivity contribution in [2.24, 2.45) is 7.05 Å². The van der Waals surface area contributed by atoms with E-state index in [1.165, 1.54) is 0 Å². The van der Waals surface area contributed by atoms with E-state index >= 15 is 0 Å². The highest BCUT2D eigenvalue weighted by Gasteiger charge is 2.27. The Balaban J connectivity index is 1.11. The molecular formula is C32H37N9O2. The van der Waals surface area contributed by atoms with Gasteiger partial charge in [-0.05, 0) is 30.0 Å². The molecule has 4 aromatic heterocycles. The molecule has 0 saturated carbocycles. The molecule has 222 valence electrons. The smallest absolute Gasteiger partial charge is 0.134 e. The molecule has 11 heteroatoms. The summed E-state index contributed by atoms with van der Waals surface area (Å²) < 4.78 is 16.6. The van der Waals surface area contributed by atoms with Crippen molar-refractivity contribution < 1.29 is 9.47 Å². The van der Waals surface area contributed by atoms with Crippen LogP contribution in [0.5, 0.6) is 0 Å². The van der Waals surface area contributed by atoms with Gasteiger partial charge in [-0.25, -0.2) is 9.97 Å². The molecule has 2 aliphatic rings. The summed E-state index contributed by atoms with van der Waals surface area (Å²) >= 11 is 0. The molecule has 0 amide bonds. The average Bonchev–Trinajstić information content (AvgIpc) is 3.78. The molecule has 1 aliphatic carbocycles. The van der Waals surface area contributed by atoms with Crippen molar-refractivity contribution in [3.63, 3.8) is 0 Å². The maximum atomic E-state index is 5.46. The van der Waals surface area contributed by atoms with E-state index in [1.807, 2.05) is 45.7 Å². The van der Waals surface area contributed by atoms with Crippen LogP contribution in [0.1, 0.15) is 22.8 Å². The lowest BCUT2D eigenvalue weighted by molar-refractivity contribution is 0.0360. The van der Waals surface area contributed by atoms with Gasteiger partial charge in [0.25, 0.3) is 0 Å². The number of nitrogens with zero attached hydrogens (tertiary/aromatic N) is 9. The molecule has 0 bridgehead atoms. The molecular weight excluding hydrogens is 542 g/mol. The number of rotatable bonds is 10. The Morgan fingerprint density at radius 1 is 0.884 bits per heavy atom. The highest BCUT2D eigenvalue weighted by molar-refractivity contribution is 5.84. The molecule has 7 rings (SSSR count). The van der Waals surface area contributed by atoms with Crippen molar-refractivity contribution in [1.82, 2.24) is 44.2 Å². The van der Waals surface area contributed by atoms with Crippen LogP contribution in [0.25, 0.3) is 33.6 Å². The van der Waals surface area contributed by atoms with Gasteiger partial charge in [0.05, 0.1) is 68.3 Å². The van der Waals surface area contributed by atoms with E-state index in [0.29, 0.717) is 13.0 Å². The van der Waals surface area contributed by atoms with Gasteiger partial charge in [0.15, 0.2) is 0 Å². The number of methoxy groups -OCH3 is 1. The molecule has 0 atom stereocenters. The van der Waals surface area contributed by atoms with Gasteiger partial charge in [-0.2, -0.15) is 15.3 Å². The number of benzene rings is 1. The van der Waals surface area contributed by atoms with E-state index in [4.69, 9.17) is 24.5 Å². The normalized spacial score (nSPS) is 15.0. The summed E-state index contributed by atoms with van der Waals surface area (Å²) in [5, 5.41) is 14.2. The van der Waals surface area contributed by atoms with Crippen molar-refractivity contribution in [2.75, 3.05) is 46.6 Å². The van der Waals surface area contributed by atoms with Crippen LogP contribution >= 0.6 is 0 Å². The third-order valence-corrected chi connectivity index (χ3v) is 8.34. The molecule has 1 aromatic carbocycles. The molecule has 0 unspecified atom stereocenters. The van der Waals surface area contributed by atoms with Crippen molar-refractivity contribution >= 4 is 0 Å². The van der Waals surface area contributed by atoms with E-state index in [-0.39, 0.29) is 0 Å². The van der Waals surface area contributed by atoms with Crippen LogP contribution in [0.4, 0.5) is 0 Å². The van der Waals surface area contributed by atoms with Gasteiger partial charge >= 0.3 is 0 Å². The molecule has 1 aliphatic heterocycles. The van der Waals surface area contributed by atoms with Gasteiger partial charge in [0.2, 0.25) is 0 Å². The first-order valence-corrected chi connectivity index (χ1v) is 15.0. The Morgan fingerprint density at radius 2 is 1.72 bits per heavy atom. The Hall–Kier alpha value is -4.19. The summed E-state index contributed by atoms with van der Waals surface area (Å²) in [4.78, 5) is 12.2. The van der Waals surface area contributed by atoms with Crippen molar-refractivity contribution in [2.45, 2.75) is 32.4 Å². The highest BCUT2D eigenvalue weighted by atomic mass is 16.5. The third-order valence-electron chi connectivity index (χ3n) is 8.34. The van der Waals surface area contributed by atoms with Crippen LogP contribution in [0, 0.1) is 0 Å². The van der Waals surface area contributed by atoms with E-state index in [9.17, 15) is 0 Å². The van der Waals surface area contributed by atoms with Crippen LogP contribution in [0.15, 0.2) is 55.1 Å². The second-order valence-electron chi connectivity index (χ2n) is 11.2. The fraction of sp³-hybridized carbons (Fsp3) is 0.406. The lowest BCUT2D eigenvalue weighted by atomic mass is 9.91. The summed E-state index contributed by atoms with van der Waals surface area (Å²) in [5.74, 6) is 0.763. The number of aryl methyl sites for hydroxylation is 3. The van der Waals surface area contributed by atoms with Gasteiger partial charge in [-0.1, -0.05) is 24.3 Å². The summed E-state index contributed by atoms with van der Waals surface area (Å²) in [6.07, 6.45) is 10.4. The van der Waals surface area contributed by atoms with Crippen LogP contribution in [0.2, 0.25) is 0 Å². The number of aromatic nitrogens is 8. The second kappa shape index (κ2) is 12.2. The standard InChI is InChI=1S/C32H37N9O2/c1-38-32(24-5-3-23(4-6-24)26-21-34-41(22-26)12-11-39-13-17-43-18-14-39)30-28(37-38)8-7-25-20-33-29(35-31(25)30)19-27-9-10-40(36-27)15-16-42-2/h3-6,9-10,20-22H,7-8,11-19H2,1-2H3. The molecule has 0 spiro atoms. The lowest BCUT2D eigenvalue weighted by Gasteiger charge is -2.26. The van der Waals surface area contributed by atoms with Gasteiger partial charge in [0, 0.05) is 69.1 Å². The molecule has 1 fully saturated rings. The van der Waals surface area contributed by atoms with E-state index < -0.39 is 0 Å². The predicted molar refractivity (Wildman–Crippen MR) is 162 cm³/mol. The third kappa shape index (κ3) is 5.88. The minimum atomic E-state index is 0.576. The Labute approximate surface area is 251 Å².